The molecule has 47 heavy (non-hydrogen) atoms. The van der Waals surface area contributed by atoms with E-state index in [-0.39, 0.29) is 5.91 Å². The third-order valence-electron chi connectivity index (χ3n) is 8.22. The number of carbonyl (C=O) groups excluding carboxylic acids is 1. The summed E-state index contributed by atoms with van der Waals surface area (Å²) in [4.78, 5) is 21.4. The van der Waals surface area contributed by atoms with Gasteiger partial charge in [-0.15, -0.1) is 11.8 Å². The average Bonchev–Trinajstić information content (AvgIpc) is 3.46. The number of unbranched alkanes of at least 4 members (excludes halogenated alkanes) is 1. The molecular formula is C39H48N4O3S. The van der Waals surface area contributed by atoms with E-state index in [1.54, 1.807) is 11.8 Å². The maximum absolute atomic E-state index is 13.6. The second-order valence-corrected chi connectivity index (χ2v) is 12.9. The Morgan fingerprint density at radius 3 is 2.45 bits per heavy atom. The smallest absolute Gasteiger partial charge is 0.251 e. The number of carbonyl (C=O) groups is 1. The van der Waals surface area contributed by atoms with Crippen molar-refractivity contribution < 1.29 is 14.3 Å². The fourth-order valence-corrected chi connectivity index (χ4v) is 6.56. The zero-order valence-corrected chi connectivity index (χ0v) is 28.9. The van der Waals surface area contributed by atoms with Gasteiger partial charge in [-0.1, -0.05) is 45.4 Å². The molecule has 0 fully saturated rings. The Balaban J connectivity index is 1.24. The van der Waals surface area contributed by atoms with E-state index in [0.29, 0.717) is 19.6 Å². The number of ether oxygens (including phenoxy) is 2. The van der Waals surface area contributed by atoms with Gasteiger partial charge in [0.25, 0.3) is 5.91 Å². The number of fused-ring (bicyclic) bond motifs is 1. The molecular weight excluding hydrogens is 605 g/mol. The Kier molecular flexibility index (Phi) is 13.0. The molecule has 0 radical (unpaired) electrons. The van der Waals surface area contributed by atoms with Gasteiger partial charge in [0.15, 0.2) is 0 Å². The minimum Gasteiger partial charge on any atom is -0.491 e. The maximum Gasteiger partial charge on any atom is 0.251 e. The summed E-state index contributed by atoms with van der Waals surface area (Å²) in [5.74, 6) is 1.64. The van der Waals surface area contributed by atoms with Crippen LogP contribution in [0.5, 0.6) is 5.75 Å². The minimum atomic E-state index is -0.0521. The fourth-order valence-electron chi connectivity index (χ4n) is 5.68. The topological polar surface area (TPSA) is 68.6 Å². The van der Waals surface area contributed by atoms with Crippen LogP contribution in [-0.2, 0) is 21.8 Å². The van der Waals surface area contributed by atoms with Crippen LogP contribution in [0.25, 0.3) is 17.2 Å². The number of hydrogen-bond donors (Lipinski definition) is 1. The van der Waals surface area contributed by atoms with Gasteiger partial charge in [0.2, 0.25) is 0 Å². The molecule has 0 atom stereocenters. The molecule has 3 aromatic carbocycles. The number of imidazole rings is 1. The SMILES string of the molecule is CCCCOCCOc1ccc(-c2ccc3c(c2)C=C(C(=O)Nc2ccc(SCc4cncn4CCC)cc2)CCN3CCC)cc1. The van der Waals surface area contributed by atoms with Gasteiger partial charge < -0.3 is 24.3 Å². The molecule has 0 saturated carbocycles. The monoisotopic (exact) mass is 652 g/mol. The van der Waals surface area contributed by atoms with E-state index in [9.17, 15) is 4.79 Å². The number of rotatable bonds is 17. The average molecular weight is 653 g/mol. The molecule has 1 N–H and O–H groups in total. The highest BCUT2D eigenvalue weighted by Gasteiger charge is 2.20. The number of aryl methyl sites for hydroxylation is 1. The number of nitrogens with one attached hydrogen (secondary N) is 1. The third kappa shape index (κ3) is 9.75. The first kappa shape index (κ1) is 34.3. The quantitative estimate of drug-likeness (QED) is 0.0907. The van der Waals surface area contributed by atoms with Crippen LogP contribution in [0.4, 0.5) is 11.4 Å². The van der Waals surface area contributed by atoms with Gasteiger partial charge in [-0.2, -0.15) is 0 Å². The third-order valence-corrected chi connectivity index (χ3v) is 9.27. The summed E-state index contributed by atoms with van der Waals surface area (Å²) in [6.45, 7) is 11.2. The number of nitrogens with zero attached hydrogens (tertiary/aromatic N) is 3. The first-order valence-corrected chi connectivity index (χ1v) is 18.0. The predicted octanol–water partition coefficient (Wildman–Crippen LogP) is 9.09. The molecule has 1 aromatic heterocycles. The number of anilines is 2. The van der Waals surface area contributed by atoms with Crippen molar-refractivity contribution in [3.8, 4) is 16.9 Å². The number of benzene rings is 3. The molecule has 4 aromatic rings. The van der Waals surface area contributed by atoms with E-state index in [0.717, 1.165) is 96.3 Å². The second kappa shape index (κ2) is 17.8. The number of hydrogen-bond acceptors (Lipinski definition) is 6. The molecule has 7 nitrogen and oxygen atoms in total. The lowest BCUT2D eigenvalue weighted by molar-refractivity contribution is -0.112. The molecule has 5 rings (SSSR count). The summed E-state index contributed by atoms with van der Waals surface area (Å²) in [6, 6.07) is 22.9. The van der Waals surface area contributed by atoms with Gasteiger partial charge in [0, 0.05) is 65.7 Å². The summed E-state index contributed by atoms with van der Waals surface area (Å²) in [5.41, 5.74) is 7.26. The van der Waals surface area contributed by atoms with Gasteiger partial charge in [0.1, 0.15) is 12.4 Å². The summed E-state index contributed by atoms with van der Waals surface area (Å²) in [7, 11) is 0. The van der Waals surface area contributed by atoms with E-state index in [4.69, 9.17) is 9.47 Å². The van der Waals surface area contributed by atoms with Crippen LogP contribution < -0.4 is 15.0 Å². The van der Waals surface area contributed by atoms with Crippen molar-refractivity contribution in [3.63, 3.8) is 0 Å². The number of amides is 1. The molecule has 1 amide bonds. The van der Waals surface area contributed by atoms with Gasteiger partial charge in [-0.05, 0) is 97.0 Å². The van der Waals surface area contributed by atoms with Crippen LogP contribution in [0.3, 0.4) is 0 Å². The van der Waals surface area contributed by atoms with E-state index < -0.39 is 0 Å². The van der Waals surface area contributed by atoms with Crippen molar-refractivity contribution in [2.45, 2.75) is 70.1 Å². The lowest BCUT2D eigenvalue weighted by Gasteiger charge is -2.25. The first-order chi connectivity index (χ1) is 23.1. The summed E-state index contributed by atoms with van der Waals surface area (Å²) < 4.78 is 13.7. The number of thioether (sulfide) groups is 1. The predicted molar refractivity (Wildman–Crippen MR) is 195 cm³/mol. The zero-order chi connectivity index (χ0) is 32.8. The summed E-state index contributed by atoms with van der Waals surface area (Å²) >= 11 is 1.78. The molecule has 0 unspecified atom stereocenters. The van der Waals surface area contributed by atoms with Crippen LogP contribution in [0.15, 0.2) is 89.7 Å². The molecule has 0 saturated heterocycles. The molecule has 0 spiro atoms. The molecule has 1 aliphatic heterocycles. The van der Waals surface area contributed by atoms with Gasteiger partial charge in [-0.25, -0.2) is 4.98 Å². The Labute approximate surface area is 284 Å². The van der Waals surface area contributed by atoms with Crippen LogP contribution in [-0.4, -0.2) is 48.4 Å². The molecule has 2 heterocycles. The molecule has 248 valence electrons. The Bertz CT molecular complexity index is 1600. The molecule has 8 heteroatoms. The van der Waals surface area contributed by atoms with Gasteiger partial charge >= 0.3 is 0 Å². The van der Waals surface area contributed by atoms with Crippen molar-refractivity contribution in [1.29, 1.82) is 0 Å². The molecule has 1 aliphatic rings. The van der Waals surface area contributed by atoms with Crippen molar-refractivity contribution in [2.24, 2.45) is 0 Å². The normalized spacial score (nSPS) is 12.7. The standard InChI is InChI=1S/C39H48N4O3S/c1-4-7-22-45-23-24-46-36-13-8-30(9-14-36)31-10-17-38-33(25-31)26-32(18-21-42(38)19-5-2)39(44)41-34-11-15-37(16-12-34)47-28-35-27-40-29-43(35)20-6-3/h8-17,25-27,29H,4-7,18-24,28H2,1-3H3,(H,41,44). The summed E-state index contributed by atoms with van der Waals surface area (Å²) in [5, 5.41) is 3.15. The van der Waals surface area contributed by atoms with E-state index in [1.165, 1.54) is 11.4 Å². The largest absolute Gasteiger partial charge is 0.491 e. The first-order valence-electron chi connectivity index (χ1n) is 17.0. The van der Waals surface area contributed by atoms with Gasteiger partial charge in [0.05, 0.1) is 12.9 Å². The van der Waals surface area contributed by atoms with Gasteiger partial charge in [-0.3, -0.25) is 4.79 Å². The van der Waals surface area contributed by atoms with Crippen LogP contribution in [0.1, 0.15) is 64.1 Å². The van der Waals surface area contributed by atoms with Crippen molar-refractivity contribution in [2.75, 3.05) is 43.1 Å². The van der Waals surface area contributed by atoms with E-state index >= 15 is 0 Å². The lowest BCUT2D eigenvalue weighted by Crippen LogP contribution is -2.26. The Morgan fingerprint density at radius 2 is 1.68 bits per heavy atom. The van der Waals surface area contributed by atoms with E-state index in [1.807, 2.05) is 36.8 Å². The minimum absolute atomic E-state index is 0.0521. The lowest BCUT2D eigenvalue weighted by atomic mass is 10.00. The highest BCUT2D eigenvalue weighted by molar-refractivity contribution is 7.98. The second-order valence-electron chi connectivity index (χ2n) is 11.9. The molecule has 0 bridgehead atoms. The molecule has 0 aliphatic carbocycles. The van der Waals surface area contributed by atoms with Crippen molar-refractivity contribution in [3.05, 3.63) is 96.1 Å². The fraction of sp³-hybridized carbons (Fsp3) is 0.385. The van der Waals surface area contributed by atoms with Crippen LogP contribution in [0.2, 0.25) is 0 Å². The summed E-state index contributed by atoms with van der Waals surface area (Å²) in [6.07, 6.45) is 10.9. The van der Waals surface area contributed by atoms with Crippen molar-refractivity contribution in [1.82, 2.24) is 9.55 Å². The van der Waals surface area contributed by atoms with Crippen molar-refractivity contribution >= 4 is 35.1 Å². The zero-order valence-electron chi connectivity index (χ0n) is 28.0. The van der Waals surface area contributed by atoms with Crippen LogP contribution in [0, 0.1) is 0 Å². The highest BCUT2D eigenvalue weighted by atomic mass is 32.2. The Hall–Kier alpha value is -4.01. The Morgan fingerprint density at radius 1 is 0.894 bits per heavy atom. The van der Waals surface area contributed by atoms with E-state index in [2.05, 4.69) is 89.1 Å². The maximum atomic E-state index is 13.6. The van der Waals surface area contributed by atoms with Crippen LogP contribution >= 0.6 is 11.8 Å². The number of aromatic nitrogens is 2. The highest BCUT2D eigenvalue weighted by Crippen LogP contribution is 2.33.